The highest BCUT2D eigenvalue weighted by Gasteiger charge is 2.36. The Hall–Kier alpha value is -1.53. The van der Waals surface area contributed by atoms with Gasteiger partial charge in [0.05, 0.1) is 19.3 Å². The first kappa shape index (κ1) is 14.4. The zero-order valence-electron chi connectivity index (χ0n) is 12.6. The van der Waals surface area contributed by atoms with Gasteiger partial charge in [-0.05, 0) is 24.0 Å². The van der Waals surface area contributed by atoms with Gasteiger partial charge in [-0.25, -0.2) is 4.68 Å². The maximum absolute atomic E-state index is 5.43. The average molecular weight is 304 g/mol. The van der Waals surface area contributed by atoms with Crippen molar-refractivity contribution in [3.8, 4) is 5.75 Å². The Kier molecular flexibility index (Phi) is 3.91. The van der Waals surface area contributed by atoms with Gasteiger partial charge in [-0.3, -0.25) is 0 Å². The van der Waals surface area contributed by atoms with E-state index in [1.54, 1.807) is 18.9 Å². The number of ether oxygens (including phenoxy) is 1. The molecule has 1 saturated heterocycles. The van der Waals surface area contributed by atoms with Crippen LogP contribution in [0, 0.1) is 0 Å². The molecule has 112 valence electrons. The number of nitrogens with one attached hydrogen (secondary N) is 1. The molecule has 3 rings (SSSR count). The molecule has 6 heteroatoms. The van der Waals surface area contributed by atoms with E-state index in [4.69, 9.17) is 4.74 Å². The largest absolute Gasteiger partial charge is 0.496 e. The average Bonchev–Trinajstić information content (AvgIpc) is 2.93. The van der Waals surface area contributed by atoms with Crippen molar-refractivity contribution in [2.24, 2.45) is 0 Å². The van der Waals surface area contributed by atoms with Gasteiger partial charge in [-0.1, -0.05) is 18.2 Å². The number of aromatic nitrogens is 3. The molecule has 1 N–H and O–H groups in total. The highest BCUT2D eigenvalue weighted by molar-refractivity contribution is 7.98. The smallest absolute Gasteiger partial charge is 0.132 e. The minimum absolute atomic E-state index is 0.138. The molecular formula is C15H20N4OS. The van der Waals surface area contributed by atoms with E-state index in [9.17, 15) is 0 Å². The fourth-order valence-electron chi connectivity index (χ4n) is 2.50. The molecule has 0 radical (unpaired) electrons. The molecule has 5 nitrogen and oxygen atoms in total. The predicted molar refractivity (Wildman–Crippen MR) is 84.1 cm³/mol. The van der Waals surface area contributed by atoms with Gasteiger partial charge in [0, 0.05) is 29.6 Å². The van der Waals surface area contributed by atoms with E-state index in [0.29, 0.717) is 6.54 Å². The zero-order valence-corrected chi connectivity index (χ0v) is 13.4. The predicted octanol–water partition coefficient (Wildman–Crippen LogP) is 1.92. The quantitative estimate of drug-likeness (QED) is 0.855. The lowest BCUT2D eigenvalue weighted by molar-refractivity contribution is 0.297. The molecule has 0 saturated carbocycles. The second-order valence-electron chi connectivity index (χ2n) is 5.65. The summed E-state index contributed by atoms with van der Waals surface area (Å²) in [5, 5.41) is 11.9. The Bertz CT molecular complexity index is 636. The number of benzene rings is 1. The molecule has 0 amide bonds. The van der Waals surface area contributed by atoms with E-state index >= 15 is 0 Å². The van der Waals surface area contributed by atoms with Crippen molar-refractivity contribution in [1.82, 2.24) is 20.3 Å². The van der Waals surface area contributed by atoms with Crippen LogP contribution in [0.1, 0.15) is 18.2 Å². The third-order valence-electron chi connectivity index (χ3n) is 3.98. The fraction of sp³-hybridized carbons (Fsp3) is 0.467. The number of thioether (sulfide) groups is 1. The number of rotatable bonds is 5. The summed E-state index contributed by atoms with van der Waals surface area (Å²) in [7, 11) is 1.71. The molecule has 2 aromatic rings. The molecule has 0 bridgehead atoms. The monoisotopic (exact) mass is 304 g/mol. The minimum atomic E-state index is 0.138. The summed E-state index contributed by atoms with van der Waals surface area (Å²) in [5.74, 6) is 0.912. The number of methoxy groups -OCH3 is 1. The Labute approximate surface area is 129 Å². The van der Waals surface area contributed by atoms with Crippen molar-refractivity contribution in [2.75, 3.05) is 26.5 Å². The van der Waals surface area contributed by atoms with Crippen LogP contribution in [0.15, 0.2) is 29.3 Å². The summed E-state index contributed by atoms with van der Waals surface area (Å²) < 4.78 is 7.32. The lowest BCUT2D eigenvalue weighted by Gasteiger charge is -2.37. The zero-order chi connectivity index (χ0) is 14.9. The summed E-state index contributed by atoms with van der Waals surface area (Å²) in [4.78, 5) is 1.15. The summed E-state index contributed by atoms with van der Waals surface area (Å²) in [6, 6.07) is 6.27. The molecule has 1 aliphatic rings. The first-order chi connectivity index (χ1) is 10.1. The van der Waals surface area contributed by atoms with Crippen LogP contribution >= 0.6 is 11.8 Å². The van der Waals surface area contributed by atoms with Crippen molar-refractivity contribution in [1.29, 1.82) is 0 Å². The fourth-order valence-corrected chi connectivity index (χ4v) is 3.05. The van der Waals surface area contributed by atoms with E-state index in [-0.39, 0.29) is 5.41 Å². The van der Waals surface area contributed by atoms with E-state index in [0.717, 1.165) is 35.0 Å². The van der Waals surface area contributed by atoms with Crippen molar-refractivity contribution >= 4 is 11.8 Å². The Morgan fingerprint density at radius 2 is 2.24 bits per heavy atom. The normalized spacial score (nSPS) is 16.5. The molecule has 0 aliphatic carbocycles. The van der Waals surface area contributed by atoms with Gasteiger partial charge in [-0.15, -0.1) is 16.9 Å². The van der Waals surface area contributed by atoms with Crippen molar-refractivity contribution < 1.29 is 4.74 Å². The number of nitrogens with zero attached hydrogens (tertiary/aromatic N) is 3. The summed E-state index contributed by atoms with van der Waals surface area (Å²) in [6.07, 6.45) is 4.10. The van der Waals surface area contributed by atoms with Gasteiger partial charge >= 0.3 is 0 Å². The lowest BCUT2D eigenvalue weighted by Crippen LogP contribution is -2.54. The van der Waals surface area contributed by atoms with Gasteiger partial charge in [0.25, 0.3) is 0 Å². The van der Waals surface area contributed by atoms with E-state index in [1.807, 2.05) is 4.68 Å². The first-order valence-electron chi connectivity index (χ1n) is 6.97. The van der Waals surface area contributed by atoms with E-state index < -0.39 is 0 Å². The van der Waals surface area contributed by atoms with Crippen LogP contribution in [0.5, 0.6) is 5.75 Å². The highest BCUT2D eigenvalue weighted by Crippen LogP contribution is 2.29. The SMILES string of the molecule is COc1cc(Cn2cc(C3(C)CNC3)nn2)ccc1SC. The Morgan fingerprint density at radius 3 is 2.86 bits per heavy atom. The van der Waals surface area contributed by atoms with Crippen LogP contribution in [0.2, 0.25) is 0 Å². The van der Waals surface area contributed by atoms with Crippen LogP contribution in [-0.4, -0.2) is 41.4 Å². The molecule has 0 atom stereocenters. The third kappa shape index (κ3) is 2.78. The van der Waals surface area contributed by atoms with E-state index in [2.05, 4.69) is 53.2 Å². The van der Waals surface area contributed by atoms with Gasteiger partial charge in [0.15, 0.2) is 0 Å². The maximum atomic E-state index is 5.43. The lowest BCUT2D eigenvalue weighted by atomic mass is 9.81. The van der Waals surface area contributed by atoms with Crippen molar-refractivity contribution in [3.05, 3.63) is 35.7 Å². The molecule has 1 aromatic heterocycles. The Balaban J connectivity index is 1.77. The van der Waals surface area contributed by atoms with Gasteiger partial charge in [0.1, 0.15) is 5.75 Å². The second-order valence-corrected chi connectivity index (χ2v) is 6.50. The van der Waals surface area contributed by atoms with Crippen LogP contribution in [0.25, 0.3) is 0 Å². The van der Waals surface area contributed by atoms with Crippen LogP contribution in [-0.2, 0) is 12.0 Å². The first-order valence-corrected chi connectivity index (χ1v) is 8.19. The topological polar surface area (TPSA) is 52.0 Å². The van der Waals surface area contributed by atoms with Crippen LogP contribution < -0.4 is 10.1 Å². The molecule has 1 aromatic carbocycles. The summed E-state index contributed by atoms with van der Waals surface area (Å²) in [6.45, 7) is 4.87. The van der Waals surface area contributed by atoms with Crippen LogP contribution in [0.4, 0.5) is 0 Å². The highest BCUT2D eigenvalue weighted by atomic mass is 32.2. The molecular weight excluding hydrogens is 284 g/mol. The molecule has 21 heavy (non-hydrogen) atoms. The second kappa shape index (κ2) is 5.69. The minimum Gasteiger partial charge on any atom is -0.496 e. The molecule has 1 aliphatic heterocycles. The van der Waals surface area contributed by atoms with Gasteiger partial charge in [0.2, 0.25) is 0 Å². The molecule has 2 heterocycles. The van der Waals surface area contributed by atoms with Crippen molar-refractivity contribution in [3.63, 3.8) is 0 Å². The van der Waals surface area contributed by atoms with E-state index in [1.165, 1.54) is 0 Å². The van der Waals surface area contributed by atoms with Crippen LogP contribution in [0.3, 0.4) is 0 Å². The van der Waals surface area contributed by atoms with Gasteiger partial charge in [-0.2, -0.15) is 0 Å². The molecule has 1 fully saturated rings. The third-order valence-corrected chi connectivity index (χ3v) is 4.76. The molecule has 0 unspecified atom stereocenters. The number of hydrogen-bond donors (Lipinski definition) is 1. The standard InChI is InChI=1S/C15H20N4OS/c1-15(9-16-10-15)14-8-19(18-17-14)7-11-4-5-13(21-3)12(6-11)20-2/h4-6,8,16H,7,9-10H2,1-3H3. The summed E-state index contributed by atoms with van der Waals surface area (Å²) in [5.41, 5.74) is 2.37. The number of hydrogen-bond acceptors (Lipinski definition) is 5. The Morgan fingerprint density at radius 1 is 1.43 bits per heavy atom. The van der Waals surface area contributed by atoms with Crippen molar-refractivity contribution in [2.45, 2.75) is 23.8 Å². The summed E-state index contributed by atoms with van der Waals surface area (Å²) >= 11 is 1.69. The van der Waals surface area contributed by atoms with Gasteiger partial charge < -0.3 is 10.1 Å². The maximum Gasteiger partial charge on any atom is 0.132 e. The molecule has 0 spiro atoms.